The number of amides is 2. The number of benzene rings is 3. The molecule has 5 heteroatoms. The first kappa shape index (κ1) is 20.1. The van der Waals surface area contributed by atoms with Crippen molar-refractivity contribution < 1.29 is 14.3 Å². The van der Waals surface area contributed by atoms with Gasteiger partial charge >= 0.3 is 0 Å². The fraction of sp³-hybridized carbons (Fsp3) is 0.167. The summed E-state index contributed by atoms with van der Waals surface area (Å²) < 4.78 is 5.77. The molecule has 3 aromatic rings. The van der Waals surface area contributed by atoms with Crippen LogP contribution in [0.1, 0.15) is 21.5 Å². The lowest BCUT2D eigenvalue weighted by Crippen LogP contribution is -2.23. The predicted octanol–water partition coefficient (Wildman–Crippen LogP) is 4.00. The van der Waals surface area contributed by atoms with E-state index >= 15 is 0 Å². The number of hydrogen-bond donors (Lipinski definition) is 1. The van der Waals surface area contributed by atoms with Gasteiger partial charge in [-0.25, -0.2) is 0 Å². The molecule has 0 saturated carbocycles. The number of nitrogens with zero attached hydrogens (tertiary/aromatic N) is 1. The van der Waals surface area contributed by atoms with Crippen molar-refractivity contribution in [3.8, 4) is 5.75 Å². The minimum atomic E-state index is -0.283. The van der Waals surface area contributed by atoms with Crippen LogP contribution < -0.4 is 10.1 Å². The largest absolute Gasteiger partial charge is 0.483 e. The highest BCUT2D eigenvalue weighted by molar-refractivity contribution is 5.97. The Hall–Kier alpha value is -3.60. The van der Waals surface area contributed by atoms with E-state index in [-0.39, 0.29) is 18.4 Å². The molecule has 0 spiro atoms. The normalized spacial score (nSPS) is 10.3. The van der Waals surface area contributed by atoms with E-state index in [1.165, 1.54) is 10.5 Å². The van der Waals surface area contributed by atoms with Gasteiger partial charge in [0.15, 0.2) is 6.61 Å². The summed E-state index contributed by atoms with van der Waals surface area (Å²) in [5.41, 5.74) is 3.27. The summed E-state index contributed by atoms with van der Waals surface area (Å²) in [4.78, 5) is 25.9. The van der Waals surface area contributed by atoms with Crippen LogP contribution in [-0.4, -0.2) is 37.4 Å². The average Bonchev–Trinajstić information content (AvgIpc) is 2.73. The molecule has 0 aromatic heterocycles. The van der Waals surface area contributed by atoms with Crippen LogP contribution in [0.2, 0.25) is 0 Å². The predicted molar refractivity (Wildman–Crippen MR) is 114 cm³/mol. The molecule has 0 saturated heterocycles. The molecular formula is C24H24N2O3. The number of anilines is 1. The average molecular weight is 388 g/mol. The third-order valence-corrected chi connectivity index (χ3v) is 4.37. The smallest absolute Gasteiger partial charge is 0.262 e. The first-order valence-electron chi connectivity index (χ1n) is 9.39. The third-order valence-electron chi connectivity index (χ3n) is 4.37. The zero-order chi connectivity index (χ0) is 20.6. The topological polar surface area (TPSA) is 58.6 Å². The minimum Gasteiger partial charge on any atom is -0.483 e. The zero-order valence-corrected chi connectivity index (χ0v) is 16.6. The number of hydrogen-bond acceptors (Lipinski definition) is 3. The summed E-state index contributed by atoms with van der Waals surface area (Å²) in [6, 6.07) is 24.7. The van der Waals surface area contributed by atoms with Crippen LogP contribution in [0.25, 0.3) is 0 Å². The van der Waals surface area contributed by atoms with Gasteiger partial charge in [0.2, 0.25) is 0 Å². The Morgan fingerprint density at radius 3 is 2.38 bits per heavy atom. The van der Waals surface area contributed by atoms with Crippen molar-refractivity contribution in [2.24, 2.45) is 0 Å². The van der Waals surface area contributed by atoms with Gasteiger partial charge in [0, 0.05) is 31.8 Å². The van der Waals surface area contributed by atoms with E-state index in [1.807, 2.05) is 42.5 Å². The van der Waals surface area contributed by atoms with Crippen molar-refractivity contribution in [1.29, 1.82) is 0 Å². The third kappa shape index (κ3) is 5.69. The minimum absolute atomic E-state index is 0.113. The number of ether oxygens (including phenoxy) is 1. The van der Waals surface area contributed by atoms with Crippen LogP contribution in [0.5, 0.6) is 5.75 Å². The molecule has 0 heterocycles. The van der Waals surface area contributed by atoms with Crippen molar-refractivity contribution in [3.63, 3.8) is 0 Å². The molecule has 0 radical (unpaired) electrons. The van der Waals surface area contributed by atoms with Gasteiger partial charge < -0.3 is 15.0 Å². The fourth-order valence-corrected chi connectivity index (χ4v) is 2.94. The van der Waals surface area contributed by atoms with Gasteiger partial charge in [-0.3, -0.25) is 9.59 Å². The molecule has 0 aliphatic carbocycles. The van der Waals surface area contributed by atoms with Crippen LogP contribution >= 0.6 is 0 Å². The first-order valence-corrected chi connectivity index (χ1v) is 9.39. The Balaban J connectivity index is 1.62. The van der Waals surface area contributed by atoms with Crippen molar-refractivity contribution in [3.05, 3.63) is 95.6 Å². The second-order valence-electron chi connectivity index (χ2n) is 6.89. The van der Waals surface area contributed by atoms with Crippen LogP contribution in [0.3, 0.4) is 0 Å². The van der Waals surface area contributed by atoms with Gasteiger partial charge in [-0.2, -0.15) is 0 Å². The van der Waals surface area contributed by atoms with Gasteiger partial charge in [0.25, 0.3) is 11.8 Å². The molecule has 1 N–H and O–H groups in total. The van der Waals surface area contributed by atoms with E-state index < -0.39 is 0 Å². The van der Waals surface area contributed by atoms with Crippen molar-refractivity contribution in [2.45, 2.75) is 6.42 Å². The maximum Gasteiger partial charge on any atom is 0.262 e. The highest BCUT2D eigenvalue weighted by Crippen LogP contribution is 2.21. The van der Waals surface area contributed by atoms with E-state index in [9.17, 15) is 9.59 Å². The Morgan fingerprint density at radius 2 is 1.62 bits per heavy atom. The van der Waals surface area contributed by atoms with Crippen LogP contribution in [0.15, 0.2) is 78.9 Å². The summed E-state index contributed by atoms with van der Waals surface area (Å²) >= 11 is 0. The molecule has 0 atom stereocenters. The van der Waals surface area contributed by atoms with Gasteiger partial charge in [-0.05, 0) is 35.4 Å². The number of nitrogens with one attached hydrogen (secondary N) is 1. The highest BCUT2D eigenvalue weighted by Gasteiger charge is 2.11. The molecule has 3 rings (SSSR count). The molecule has 0 bridgehead atoms. The van der Waals surface area contributed by atoms with Gasteiger partial charge in [-0.1, -0.05) is 54.6 Å². The molecule has 0 aliphatic rings. The number of carbonyl (C=O) groups excluding carboxylic acids is 2. The monoisotopic (exact) mass is 388 g/mol. The first-order chi connectivity index (χ1) is 14.0. The fourth-order valence-electron chi connectivity index (χ4n) is 2.94. The SMILES string of the molecule is CN(C)C(=O)c1cccc(NC(=O)COc2ccccc2Cc2ccccc2)c1. The standard InChI is InChI=1S/C24H24N2O3/c1-26(2)24(28)20-12-8-13-21(16-20)25-23(27)17-29-22-14-7-6-11-19(22)15-18-9-4-3-5-10-18/h3-14,16H,15,17H2,1-2H3,(H,25,27). The molecule has 0 aliphatic heterocycles. The number of para-hydroxylation sites is 1. The molecule has 5 nitrogen and oxygen atoms in total. The molecule has 29 heavy (non-hydrogen) atoms. The number of rotatable bonds is 7. The van der Waals surface area contributed by atoms with E-state index in [0.29, 0.717) is 17.0 Å². The molecule has 2 amide bonds. The van der Waals surface area contributed by atoms with Crippen molar-refractivity contribution in [1.82, 2.24) is 4.90 Å². The zero-order valence-electron chi connectivity index (χ0n) is 16.6. The molecule has 148 valence electrons. The Morgan fingerprint density at radius 1 is 0.897 bits per heavy atom. The van der Waals surface area contributed by atoms with Crippen LogP contribution in [-0.2, 0) is 11.2 Å². The quantitative estimate of drug-likeness (QED) is 0.666. The molecular weight excluding hydrogens is 364 g/mol. The molecule has 0 unspecified atom stereocenters. The van der Waals surface area contributed by atoms with Crippen molar-refractivity contribution in [2.75, 3.05) is 26.0 Å². The van der Waals surface area contributed by atoms with E-state index in [2.05, 4.69) is 17.4 Å². The lowest BCUT2D eigenvalue weighted by molar-refractivity contribution is -0.118. The maximum absolute atomic E-state index is 12.3. The number of carbonyl (C=O) groups is 2. The summed E-state index contributed by atoms with van der Waals surface area (Å²) in [5.74, 6) is 0.282. The van der Waals surface area contributed by atoms with Gasteiger partial charge in [0.05, 0.1) is 0 Å². The van der Waals surface area contributed by atoms with E-state index in [4.69, 9.17) is 4.74 Å². The Kier molecular flexibility index (Phi) is 6.63. The molecule has 3 aromatic carbocycles. The summed E-state index contributed by atoms with van der Waals surface area (Å²) in [7, 11) is 3.38. The van der Waals surface area contributed by atoms with Crippen LogP contribution in [0.4, 0.5) is 5.69 Å². The Bertz CT molecular complexity index is 984. The van der Waals surface area contributed by atoms with Gasteiger partial charge in [0.1, 0.15) is 5.75 Å². The second-order valence-corrected chi connectivity index (χ2v) is 6.89. The van der Waals surface area contributed by atoms with Crippen molar-refractivity contribution >= 4 is 17.5 Å². The highest BCUT2D eigenvalue weighted by atomic mass is 16.5. The maximum atomic E-state index is 12.3. The summed E-state index contributed by atoms with van der Waals surface area (Å²) in [6.07, 6.45) is 0.729. The summed E-state index contributed by atoms with van der Waals surface area (Å²) in [5, 5.41) is 2.78. The van der Waals surface area contributed by atoms with Crippen LogP contribution in [0, 0.1) is 0 Å². The van der Waals surface area contributed by atoms with E-state index in [0.717, 1.165) is 12.0 Å². The lowest BCUT2D eigenvalue weighted by Gasteiger charge is -2.13. The second kappa shape index (κ2) is 9.55. The summed E-state index contributed by atoms with van der Waals surface area (Å²) in [6.45, 7) is -0.113. The molecule has 0 fully saturated rings. The van der Waals surface area contributed by atoms with Gasteiger partial charge in [-0.15, -0.1) is 0 Å². The Labute approximate surface area is 170 Å². The lowest BCUT2D eigenvalue weighted by atomic mass is 10.0. The van der Waals surface area contributed by atoms with E-state index in [1.54, 1.807) is 38.4 Å².